The predicted octanol–water partition coefficient (Wildman–Crippen LogP) is 2.27. The molecular formula is C18H26N2O4S. The van der Waals surface area contributed by atoms with Gasteiger partial charge in [-0.1, -0.05) is 26.7 Å². The maximum atomic E-state index is 12.0. The van der Waals surface area contributed by atoms with Gasteiger partial charge in [0.15, 0.2) is 6.61 Å². The standard InChI is InChI=1S/C18H26N2O4S/c1-11-5-4-6-14(13(11)3)20-16(21)10-24-17(22)9-19-18(23)15-8-7-12(2)25-15/h7-8,11,13-14H,4-6,9-10H2,1-3H3,(H,19,23)(H,20,21)/t11-,13+,14-/m0/s1. The molecule has 2 rings (SSSR count). The van der Waals surface area contributed by atoms with Crippen LogP contribution in [0.3, 0.4) is 0 Å². The van der Waals surface area contributed by atoms with Crippen molar-refractivity contribution in [2.24, 2.45) is 11.8 Å². The van der Waals surface area contributed by atoms with Gasteiger partial charge in [0.25, 0.3) is 11.8 Å². The number of aryl methyl sites for hydroxylation is 1. The maximum absolute atomic E-state index is 12.0. The Balaban J connectivity index is 1.67. The first-order valence-electron chi connectivity index (χ1n) is 8.66. The minimum Gasteiger partial charge on any atom is -0.454 e. The average molecular weight is 366 g/mol. The van der Waals surface area contributed by atoms with Crippen LogP contribution in [0, 0.1) is 18.8 Å². The molecule has 0 unspecified atom stereocenters. The third kappa shape index (κ3) is 5.85. The van der Waals surface area contributed by atoms with Crippen LogP contribution in [0.2, 0.25) is 0 Å². The van der Waals surface area contributed by atoms with Crippen molar-refractivity contribution >= 4 is 29.1 Å². The lowest BCUT2D eigenvalue weighted by atomic mass is 9.78. The number of hydrogen-bond donors (Lipinski definition) is 2. The number of ether oxygens (including phenoxy) is 1. The summed E-state index contributed by atoms with van der Waals surface area (Å²) in [6.45, 7) is 5.68. The number of esters is 1. The van der Waals surface area contributed by atoms with E-state index >= 15 is 0 Å². The summed E-state index contributed by atoms with van der Waals surface area (Å²) < 4.78 is 4.94. The van der Waals surface area contributed by atoms with Crippen molar-refractivity contribution in [3.8, 4) is 0 Å². The van der Waals surface area contributed by atoms with Gasteiger partial charge in [-0.2, -0.15) is 0 Å². The van der Waals surface area contributed by atoms with Crippen molar-refractivity contribution in [3.05, 3.63) is 21.9 Å². The van der Waals surface area contributed by atoms with Crippen LogP contribution in [-0.4, -0.2) is 37.0 Å². The number of thiophene rings is 1. The normalized spacial score (nSPS) is 22.9. The monoisotopic (exact) mass is 366 g/mol. The number of hydrogen-bond acceptors (Lipinski definition) is 5. The minimum atomic E-state index is -0.623. The summed E-state index contributed by atoms with van der Waals surface area (Å²) in [6.07, 6.45) is 3.25. The molecule has 138 valence electrons. The summed E-state index contributed by atoms with van der Waals surface area (Å²) in [4.78, 5) is 37.1. The molecular weight excluding hydrogens is 340 g/mol. The van der Waals surface area contributed by atoms with Gasteiger partial charge in [0.2, 0.25) is 0 Å². The molecule has 0 aromatic carbocycles. The van der Waals surface area contributed by atoms with E-state index in [2.05, 4.69) is 24.5 Å². The third-order valence-electron chi connectivity index (χ3n) is 4.77. The van der Waals surface area contributed by atoms with Gasteiger partial charge in [0, 0.05) is 10.9 Å². The molecule has 1 aliphatic carbocycles. The van der Waals surface area contributed by atoms with Gasteiger partial charge in [0.1, 0.15) is 6.54 Å². The number of carbonyl (C=O) groups excluding carboxylic acids is 3. The Bertz CT molecular complexity index is 628. The quantitative estimate of drug-likeness (QED) is 0.757. The molecule has 2 N–H and O–H groups in total. The summed E-state index contributed by atoms with van der Waals surface area (Å²) in [6, 6.07) is 3.69. The van der Waals surface area contributed by atoms with E-state index in [1.165, 1.54) is 17.8 Å². The fourth-order valence-corrected chi connectivity index (χ4v) is 3.81. The fraction of sp³-hybridized carbons (Fsp3) is 0.611. The van der Waals surface area contributed by atoms with Crippen molar-refractivity contribution in [1.29, 1.82) is 0 Å². The van der Waals surface area contributed by atoms with Gasteiger partial charge >= 0.3 is 5.97 Å². The molecule has 1 aromatic heterocycles. The summed E-state index contributed by atoms with van der Waals surface area (Å²) in [7, 11) is 0. The summed E-state index contributed by atoms with van der Waals surface area (Å²) in [5.74, 6) is -0.231. The second-order valence-electron chi connectivity index (χ2n) is 6.69. The molecule has 0 saturated heterocycles. The molecule has 1 fully saturated rings. The highest BCUT2D eigenvalue weighted by Gasteiger charge is 2.28. The molecule has 1 saturated carbocycles. The lowest BCUT2D eigenvalue weighted by molar-refractivity contribution is -0.147. The highest BCUT2D eigenvalue weighted by molar-refractivity contribution is 7.13. The van der Waals surface area contributed by atoms with Gasteiger partial charge in [0.05, 0.1) is 4.88 Å². The Morgan fingerprint density at radius 3 is 2.68 bits per heavy atom. The van der Waals surface area contributed by atoms with Crippen LogP contribution in [0.1, 0.15) is 47.7 Å². The lowest BCUT2D eigenvalue weighted by Gasteiger charge is -2.34. The van der Waals surface area contributed by atoms with Crippen LogP contribution in [0.15, 0.2) is 12.1 Å². The Morgan fingerprint density at radius 1 is 1.24 bits per heavy atom. The van der Waals surface area contributed by atoms with Gasteiger partial charge in [-0.15, -0.1) is 11.3 Å². The molecule has 25 heavy (non-hydrogen) atoms. The second kappa shape index (κ2) is 8.99. The summed E-state index contributed by atoms with van der Waals surface area (Å²) >= 11 is 1.36. The number of carbonyl (C=O) groups is 3. The maximum Gasteiger partial charge on any atom is 0.325 e. The van der Waals surface area contributed by atoms with Gasteiger partial charge < -0.3 is 15.4 Å². The lowest BCUT2D eigenvalue weighted by Crippen LogP contribution is -2.45. The van der Waals surface area contributed by atoms with Crippen LogP contribution in [0.25, 0.3) is 0 Å². The largest absolute Gasteiger partial charge is 0.454 e. The topological polar surface area (TPSA) is 84.5 Å². The number of amides is 2. The van der Waals surface area contributed by atoms with Gasteiger partial charge in [-0.3, -0.25) is 14.4 Å². The molecule has 7 heteroatoms. The van der Waals surface area contributed by atoms with E-state index in [-0.39, 0.29) is 31.0 Å². The fourth-order valence-electron chi connectivity index (χ4n) is 3.03. The van der Waals surface area contributed by atoms with Crippen LogP contribution in [0.5, 0.6) is 0 Å². The molecule has 3 atom stereocenters. The smallest absolute Gasteiger partial charge is 0.325 e. The Kier molecular flexibility index (Phi) is 6.99. The SMILES string of the molecule is Cc1ccc(C(=O)NCC(=O)OCC(=O)N[C@H]2CCC[C@H](C)[C@H]2C)s1. The van der Waals surface area contributed by atoms with E-state index in [1.54, 1.807) is 6.07 Å². The zero-order valence-corrected chi connectivity index (χ0v) is 15.8. The van der Waals surface area contributed by atoms with Gasteiger partial charge in [-0.05, 0) is 37.3 Å². The zero-order valence-electron chi connectivity index (χ0n) is 15.0. The van der Waals surface area contributed by atoms with Crippen molar-refractivity contribution in [2.75, 3.05) is 13.2 Å². The van der Waals surface area contributed by atoms with Gasteiger partial charge in [-0.25, -0.2) is 0 Å². The molecule has 0 spiro atoms. The predicted molar refractivity (Wildman–Crippen MR) is 96.5 cm³/mol. The molecule has 6 nitrogen and oxygen atoms in total. The van der Waals surface area contributed by atoms with E-state index < -0.39 is 5.97 Å². The molecule has 0 bridgehead atoms. The highest BCUT2D eigenvalue weighted by atomic mass is 32.1. The third-order valence-corrected chi connectivity index (χ3v) is 5.77. The van der Waals surface area contributed by atoms with Crippen molar-refractivity contribution in [2.45, 2.75) is 46.1 Å². The number of nitrogens with one attached hydrogen (secondary N) is 2. The molecule has 1 aromatic rings. The first-order chi connectivity index (χ1) is 11.9. The molecule has 2 amide bonds. The zero-order chi connectivity index (χ0) is 18.4. The minimum absolute atomic E-state index is 0.136. The van der Waals surface area contributed by atoms with Crippen LogP contribution < -0.4 is 10.6 Å². The second-order valence-corrected chi connectivity index (χ2v) is 7.98. The molecule has 1 heterocycles. The van der Waals surface area contributed by atoms with E-state index in [9.17, 15) is 14.4 Å². The van der Waals surface area contributed by atoms with E-state index in [4.69, 9.17) is 4.74 Å². The molecule has 1 aliphatic rings. The van der Waals surface area contributed by atoms with Crippen molar-refractivity contribution < 1.29 is 19.1 Å². The highest BCUT2D eigenvalue weighted by Crippen LogP contribution is 2.29. The Labute approximate surface area is 152 Å². The average Bonchev–Trinajstić information content (AvgIpc) is 3.01. The van der Waals surface area contributed by atoms with Crippen LogP contribution in [0.4, 0.5) is 0 Å². The number of rotatable bonds is 6. The van der Waals surface area contributed by atoms with Crippen molar-refractivity contribution in [1.82, 2.24) is 10.6 Å². The van der Waals surface area contributed by atoms with Crippen molar-refractivity contribution in [3.63, 3.8) is 0 Å². The Morgan fingerprint density at radius 2 is 2.00 bits per heavy atom. The first kappa shape index (κ1) is 19.4. The summed E-state index contributed by atoms with van der Waals surface area (Å²) in [5, 5.41) is 5.44. The summed E-state index contributed by atoms with van der Waals surface area (Å²) in [5.41, 5.74) is 0. The van der Waals surface area contributed by atoms with E-state index in [0.29, 0.717) is 16.7 Å². The van der Waals surface area contributed by atoms with Crippen LogP contribution in [-0.2, 0) is 14.3 Å². The Hall–Kier alpha value is -1.89. The molecule has 0 aliphatic heterocycles. The van der Waals surface area contributed by atoms with E-state index in [1.807, 2.05) is 13.0 Å². The molecule has 0 radical (unpaired) electrons. The van der Waals surface area contributed by atoms with Crippen LogP contribution >= 0.6 is 11.3 Å². The van der Waals surface area contributed by atoms with E-state index in [0.717, 1.165) is 17.7 Å². The first-order valence-corrected chi connectivity index (χ1v) is 9.48.